The van der Waals surface area contributed by atoms with Crippen LogP contribution in [0.25, 0.3) is 0 Å². The highest BCUT2D eigenvalue weighted by atomic mass is 79.9. The molecule has 0 bridgehead atoms. The third-order valence-electron chi connectivity index (χ3n) is 1.32. The van der Waals surface area contributed by atoms with Crippen LogP contribution in [0.4, 0.5) is 0 Å². The van der Waals surface area contributed by atoms with E-state index in [2.05, 4.69) is 21.0 Å². The van der Waals surface area contributed by atoms with Gasteiger partial charge in [0.2, 0.25) is 0 Å². The Labute approximate surface area is 73.5 Å². The van der Waals surface area contributed by atoms with E-state index in [4.69, 9.17) is 0 Å². The maximum absolute atomic E-state index is 10.7. The standard InChI is InChI=1S/C7H9BrN2O/c1-5-3-9-10(7(5)8)4-6(2)11/h3H,4H2,1-2H3. The molecule has 11 heavy (non-hydrogen) atoms. The van der Waals surface area contributed by atoms with Gasteiger partial charge in [-0.25, -0.2) is 0 Å². The normalized spacial score (nSPS) is 10.1. The molecule has 0 fully saturated rings. The van der Waals surface area contributed by atoms with Crippen LogP contribution in [0.3, 0.4) is 0 Å². The third-order valence-corrected chi connectivity index (χ3v) is 2.35. The molecule has 4 heteroatoms. The van der Waals surface area contributed by atoms with E-state index in [9.17, 15) is 4.79 Å². The summed E-state index contributed by atoms with van der Waals surface area (Å²) >= 11 is 3.33. The maximum atomic E-state index is 10.7. The van der Waals surface area contributed by atoms with E-state index in [0.29, 0.717) is 6.54 Å². The van der Waals surface area contributed by atoms with E-state index in [1.165, 1.54) is 0 Å². The van der Waals surface area contributed by atoms with Crippen LogP contribution in [-0.4, -0.2) is 15.6 Å². The van der Waals surface area contributed by atoms with E-state index >= 15 is 0 Å². The van der Waals surface area contributed by atoms with Gasteiger partial charge in [-0.05, 0) is 29.8 Å². The van der Waals surface area contributed by atoms with Crippen molar-refractivity contribution in [2.24, 2.45) is 0 Å². The summed E-state index contributed by atoms with van der Waals surface area (Å²) in [6.07, 6.45) is 1.73. The number of carbonyl (C=O) groups excluding carboxylic acids is 1. The second-order valence-electron chi connectivity index (χ2n) is 2.48. The summed E-state index contributed by atoms with van der Waals surface area (Å²) in [5, 5.41) is 4.00. The number of nitrogens with zero attached hydrogens (tertiary/aromatic N) is 2. The third kappa shape index (κ3) is 1.89. The Morgan fingerprint density at radius 1 is 1.82 bits per heavy atom. The van der Waals surface area contributed by atoms with Crippen molar-refractivity contribution in [3.05, 3.63) is 16.4 Å². The van der Waals surface area contributed by atoms with E-state index in [0.717, 1.165) is 10.2 Å². The van der Waals surface area contributed by atoms with Crippen LogP contribution in [0.2, 0.25) is 0 Å². The first-order valence-corrected chi connectivity index (χ1v) is 4.08. The van der Waals surface area contributed by atoms with Crippen molar-refractivity contribution in [1.29, 1.82) is 0 Å². The van der Waals surface area contributed by atoms with Crippen LogP contribution >= 0.6 is 15.9 Å². The predicted molar refractivity (Wildman–Crippen MR) is 45.3 cm³/mol. The average Bonchev–Trinajstić information content (AvgIpc) is 2.18. The first-order valence-electron chi connectivity index (χ1n) is 3.28. The Bertz CT molecular complexity index is 280. The molecule has 0 saturated carbocycles. The van der Waals surface area contributed by atoms with Gasteiger partial charge in [-0.2, -0.15) is 5.10 Å². The molecule has 0 aromatic carbocycles. The number of carbonyl (C=O) groups is 1. The smallest absolute Gasteiger partial charge is 0.151 e. The van der Waals surface area contributed by atoms with Gasteiger partial charge in [0.15, 0.2) is 5.78 Å². The molecule has 0 saturated heterocycles. The highest BCUT2D eigenvalue weighted by Gasteiger charge is 2.04. The Kier molecular flexibility index (Phi) is 2.44. The van der Waals surface area contributed by atoms with E-state index < -0.39 is 0 Å². The second kappa shape index (κ2) is 3.17. The molecule has 1 heterocycles. The molecule has 0 amide bonds. The van der Waals surface area contributed by atoms with Gasteiger partial charge in [0.1, 0.15) is 11.1 Å². The summed E-state index contributed by atoms with van der Waals surface area (Å²) in [6.45, 7) is 3.82. The second-order valence-corrected chi connectivity index (χ2v) is 3.23. The van der Waals surface area contributed by atoms with Gasteiger partial charge in [0.25, 0.3) is 0 Å². The van der Waals surface area contributed by atoms with Gasteiger partial charge in [-0.3, -0.25) is 9.48 Å². The molecule has 0 atom stereocenters. The zero-order valence-electron chi connectivity index (χ0n) is 6.47. The zero-order chi connectivity index (χ0) is 8.43. The monoisotopic (exact) mass is 216 g/mol. The molecule has 0 radical (unpaired) electrons. The largest absolute Gasteiger partial charge is 0.298 e. The summed E-state index contributed by atoms with van der Waals surface area (Å²) in [5.74, 6) is 0.105. The van der Waals surface area contributed by atoms with Crippen molar-refractivity contribution < 1.29 is 4.79 Å². The molecule has 0 unspecified atom stereocenters. The van der Waals surface area contributed by atoms with Gasteiger partial charge in [-0.15, -0.1) is 0 Å². The van der Waals surface area contributed by atoms with E-state index in [1.807, 2.05) is 6.92 Å². The van der Waals surface area contributed by atoms with Crippen molar-refractivity contribution in [3.63, 3.8) is 0 Å². The van der Waals surface area contributed by atoms with Crippen LogP contribution in [0.1, 0.15) is 12.5 Å². The molecule has 1 aromatic rings. The molecule has 3 nitrogen and oxygen atoms in total. The predicted octanol–water partition coefficient (Wildman–Crippen LogP) is 1.54. The van der Waals surface area contributed by atoms with Crippen LogP contribution in [0.5, 0.6) is 0 Å². The molecule has 60 valence electrons. The Morgan fingerprint density at radius 2 is 2.45 bits per heavy atom. The fourth-order valence-corrected chi connectivity index (χ4v) is 1.10. The fourth-order valence-electron chi connectivity index (χ4n) is 0.785. The summed E-state index contributed by atoms with van der Waals surface area (Å²) in [4.78, 5) is 10.7. The molecule has 0 aliphatic carbocycles. The highest BCUT2D eigenvalue weighted by Crippen LogP contribution is 2.14. The lowest BCUT2D eigenvalue weighted by molar-refractivity contribution is -0.117. The van der Waals surface area contributed by atoms with Gasteiger partial charge in [-0.1, -0.05) is 0 Å². The number of halogens is 1. The number of rotatable bonds is 2. The van der Waals surface area contributed by atoms with Crippen LogP contribution in [-0.2, 0) is 11.3 Å². The van der Waals surface area contributed by atoms with Crippen LogP contribution in [0.15, 0.2) is 10.8 Å². The Hall–Kier alpha value is -0.640. The van der Waals surface area contributed by atoms with Gasteiger partial charge < -0.3 is 0 Å². The number of hydrogen-bond acceptors (Lipinski definition) is 2. The molecule has 0 aliphatic rings. The summed E-state index contributed by atoms with van der Waals surface area (Å²) in [5.41, 5.74) is 1.05. The number of aromatic nitrogens is 2. The minimum Gasteiger partial charge on any atom is -0.298 e. The minimum absolute atomic E-state index is 0.105. The molecule has 0 spiro atoms. The van der Waals surface area contributed by atoms with E-state index in [1.54, 1.807) is 17.8 Å². The topological polar surface area (TPSA) is 34.9 Å². The zero-order valence-corrected chi connectivity index (χ0v) is 8.05. The van der Waals surface area contributed by atoms with E-state index in [-0.39, 0.29) is 5.78 Å². The van der Waals surface area contributed by atoms with Crippen molar-refractivity contribution in [3.8, 4) is 0 Å². The lowest BCUT2D eigenvalue weighted by atomic mass is 10.4. The first-order chi connectivity index (χ1) is 5.11. The number of ketones is 1. The quantitative estimate of drug-likeness (QED) is 0.753. The van der Waals surface area contributed by atoms with Crippen molar-refractivity contribution in [1.82, 2.24) is 9.78 Å². The van der Waals surface area contributed by atoms with Crippen molar-refractivity contribution >= 4 is 21.7 Å². The lowest BCUT2D eigenvalue weighted by Crippen LogP contribution is -2.07. The molecular formula is C7H9BrN2O. The summed E-state index contributed by atoms with van der Waals surface area (Å²) < 4.78 is 2.52. The van der Waals surface area contributed by atoms with Crippen LogP contribution in [0, 0.1) is 6.92 Å². The summed E-state index contributed by atoms with van der Waals surface area (Å²) in [7, 11) is 0. The number of hydrogen-bond donors (Lipinski definition) is 0. The first kappa shape index (κ1) is 8.46. The SMILES string of the molecule is CC(=O)Cn1ncc(C)c1Br. The molecular weight excluding hydrogens is 208 g/mol. The summed E-state index contributed by atoms with van der Waals surface area (Å²) in [6, 6.07) is 0. The average molecular weight is 217 g/mol. The highest BCUT2D eigenvalue weighted by molar-refractivity contribution is 9.10. The van der Waals surface area contributed by atoms with Crippen molar-refractivity contribution in [2.75, 3.05) is 0 Å². The van der Waals surface area contributed by atoms with Gasteiger partial charge >= 0.3 is 0 Å². The fraction of sp³-hybridized carbons (Fsp3) is 0.429. The Balaban J connectivity index is 2.87. The molecule has 0 N–H and O–H groups in total. The minimum atomic E-state index is 0.105. The van der Waals surface area contributed by atoms with Crippen molar-refractivity contribution in [2.45, 2.75) is 20.4 Å². The van der Waals surface area contributed by atoms with Gasteiger partial charge in [0.05, 0.1) is 6.20 Å². The molecule has 0 aliphatic heterocycles. The van der Waals surface area contributed by atoms with Crippen LogP contribution < -0.4 is 0 Å². The number of Topliss-reactive ketones (excluding diaryl/α,β-unsaturated/α-hetero) is 1. The Morgan fingerprint density at radius 3 is 2.82 bits per heavy atom. The molecule has 1 aromatic heterocycles. The maximum Gasteiger partial charge on any atom is 0.151 e. The number of aryl methyl sites for hydroxylation is 1. The molecule has 1 rings (SSSR count). The lowest BCUT2D eigenvalue weighted by Gasteiger charge is -1.98. The van der Waals surface area contributed by atoms with Gasteiger partial charge in [0, 0.05) is 5.56 Å².